The first-order valence-electron chi connectivity index (χ1n) is 7.71. The molecule has 0 fully saturated rings. The van der Waals surface area contributed by atoms with Gasteiger partial charge in [0.05, 0.1) is 16.9 Å². The zero-order valence-corrected chi connectivity index (χ0v) is 14.3. The van der Waals surface area contributed by atoms with Crippen LogP contribution in [0.15, 0.2) is 60.9 Å². The van der Waals surface area contributed by atoms with Crippen LogP contribution in [0, 0.1) is 0 Å². The predicted molar refractivity (Wildman–Crippen MR) is 99.9 cm³/mol. The molecule has 6 heteroatoms. The van der Waals surface area contributed by atoms with Crippen LogP contribution in [0.4, 0.5) is 11.4 Å². The van der Waals surface area contributed by atoms with Crippen molar-refractivity contribution in [2.45, 2.75) is 6.92 Å². The number of rotatable bonds is 4. The molecule has 0 aliphatic rings. The fourth-order valence-electron chi connectivity index (χ4n) is 2.58. The van der Waals surface area contributed by atoms with Crippen LogP contribution < -0.4 is 10.2 Å². The first-order chi connectivity index (χ1) is 12.1. The molecule has 0 atom stereocenters. The van der Waals surface area contributed by atoms with Gasteiger partial charge < -0.3 is 10.2 Å². The highest BCUT2D eigenvalue weighted by atomic mass is 35.5. The van der Waals surface area contributed by atoms with Gasteiger partial charge in [-0.15, -0.1) is 0 Å². The SMILES string of the molecule is CC(=O)N(CC(=O)Nc1cncc2c(Cl)cccc12)c1ccccc1. The van der Waals surface area contributed by atoms with Crippen molar-refractivity contribution in [2.75, 3.05) is 16.8 Å². The Labute approximate surface area is 150 Å². The summed E-state index contributed by atoms with van der Waals surface area (Å²) in [5.41, 5.74) is 1.23. The molecule has 0 bridgehead atoms. The van der Waals surface area contributed by atoms with E-state index in [9.17, 15) is 9.59 Å². The highest BCUT2D eigenvalue weighted by Crippen LogP contribution is 2.27. The van der Waals surface area contributed by atoms with E-state index in [1.807, 2.05) is 30.3 Å². The summed E-state index contributed by atoms with van der Waals surface area (Å²) in [4.78, 5) is 29.9. The molecule has 2 amide bonds. The van der Waals surface area contributed by atoms with Crippen molar-refractivity contribution in [1.29, 1.82) is 0 Å². The number of anilines is 2. The van der Waals surface area contributed by atoms with Crippen LogP contribution in [0.3, 0.4) is 0 Å². The molecule has 0 saturated carbocycles. The lowest BCUT2D eigenvalue weighted by Crippen LogP contribution is -2.36. The molecule has 2 aromatic carbocycles. The third-order valence-electron chi connectivity index (χ3n) is 3.77. The Balaban J connectivity index is 1.83. The first kappa shape index (κ1) is 16.9. The minimum Gasteiger partial charge on any atom is -0.323 e. The fourth-order valence-corrected chi connectivity index (χ4v) is 2.81. The van der Waals surface area contributed by atoms with Crippen molar-refractivity contribution in [3.05, 3.63) is 65.9 Å². The molecule has 3 aromatic rings. The van der Waals surface area contributed by atoms with Crippen molar-refractivity contribution in [1.82, 2.24) is 4.98 Å². The molecule has 0 spiro atoms. The van der Waals surface area contributed by atoms with Gasteiger partial charge in [-0.25, -0.2) is 0 Å². The van der Waals surface area contributed by atoms with E-state index in [0.717, 1.165) is 10.8 Å². The molecule has 0 aliphatic carbocycles. The van der Waals surface area contributed by atoms with E-state index >= 15 is 0 Å². The summed E-state index contributed by atoms with van der Waals surface area (Å²) in [6.45, 7) is 1.34. The van der Waals surface area contributed by atoms with Crippen LogP contribution in [0.25, 0.3) is 10.8 Å². The molecule has 1 heterocycles. The number of benzene rings is 2. The summed E-state index contributed by atoms with van der Waals surface area (Å²) >= 11 is 6.17. The maximum Gasteiger partial charge on any atom is 0.244 e. The van der Waals surface area contributed by atoms with Crippen molar-refractivity contribution in [3.63, 3.8) is 0 Å². The average molecular weight is 354 g/mol. The maximum atomic E-state index is 12.5. The first-order valence-corrected chi connectivity index (χ1v) is 8.09. The lowest BCUT2D eigenvalue weighted by Gasteiger charge is -2.20. The summed E-state index contributed by atoms with van der Waals surface area (Å²) in [7, 11) is 0. The van der Waals surface area contributed by atoms with Gasteiger partial charge in [0.15, 0.2) is 0 Å². The van der Waals surface area contributed by atoms with Crippen LogP contribution in [-0.2, 0) is 9.59 Å². The number of carbonyl (C=O) groups excluding carboxylic acids is 2. The van der Waals surface area contributed by atoms with Crippen LogP contribution in [0.1, 0.15) is 6.92 Å². The second-order valence-electron chi connectivity index (χ2n) is 5.51. The van der Waals surface area contributed by atoms with Crippen molar-refractivity contribution >= 4 is 45.6 Å². The standard InChI is InChI=1S/C19H16ClN3O2/c1-13(24)23(14-6-3-2-4-7-14)12-19(25)22-18-11-21-10-16-15(18)8-5-9-17(16)20/h2-11H,12H2,1H3,(H,22,25). The summed E-state index contributed by atoms with van der Waals surface area (Å²) in [6, 6.07) is 14.5. The molecule has 126 valence electrons. The zero-order valence-electron chi connectivity index (χ0n) is 13.6. The number of nitrogens with zero attached hydrogens (tertiary/aromatic N) is 2. The monoisotopic (exact) mass is 353 g/mol. The number of aromatic nitrogens is 1. The molecule has 0 saturated heterocycles. The number of pyridine rings is 1. The van der Waals surface area contributed by atoms with E-state index in [4.69, 9.17) is 11.6 Å². The van der Waals surface area contributed by atoms with Crippen LogP contribution in [0.2, 0.25) is 5.02 Å². The molecule has 1 N–H and O–H groups in total. The van der Waals surface area contributed by atoms with E-state index in [2.05, 4.69) is 10.3 Å². The second-order valence-corrected chi connectivity index (χ2v) is 5.92. The lowest BCUT2D eigenvalue weighted by atomic mass is 10.1. The molecular weight excluding hydrogens is 338 g/mol. The Bertz CT molecular complexity index is 928. The number of para-hydroxylation sites is 1. The largest absolute Gasteiger partial charge is 0.323 e. The van der Waals surface area contributed by atoms with Crippen LogP contribution in [0.5, 0.6) is 0 Å². The zero-order chi connectivity index (χ0) is 17.8. The van der Waals surface area contributed by atoms with Gasteiger partial charge in [0.2, 0.25) is 11.8 Å². The van der Waals surface area contributed by atoms with Crippen LogP contribution >= 0.6 is 11.6 Å². The number of amides is 2. The normalized spacial score (nSPS) is 10.5. The smallest absolute Gasteiger partial charge is 0.244 e. The molecule has 5 nitrogen and oxygen atoms in total. The topological polar surface area (TPSA) is 62.3 Å². The predicted octanol–water partition coefficient (Wildman–Crippen LogP) is 3.88. The van der Waals surface area contributed by atoms with E-state index in [0.29, 0.717) is 16.4 Å². The lowest BCUT2D eigenvalue weighted by molar-refractivity contribution is -0.120. The Hall–Kier alpha value is -2.92. The summed E-state index contributed by atoms with van der Waals surface area (Å²) < 4.78 is 0. The second kappa shape index (κ2) is 7.32. The molecule has 1 aromatic heterocycles. The Morgan fingerprint density at radius 3 is 2.52 bits per heavy atom. The number of fused-ring (bicyclic) bond motifs is 1. The highest BCUT2D eigenvalue weighted by Gasteiger charge is 2.16. The van der Waals surface area contributed by atoms with Gasteiger partial charge in [-0.2, -0.15) is 0 Å². The number of carbonyl (C=O) groups is 2. The molecular formula is C19H16ClN3O2. The minimum atomic E-state index is -0.312. The minimum absolute atomic E-state index is 0.0870. The van der Waals surface area contributed by atoms with E-state index in [1.54, 1.807) is 30.6 Å². The highest BCUT2D eigenvalue weighted by molar-refractivity contribution is 6.35. The maximum absolute atomic E-state index is 12.5. The van der Waals surface area contributed by atoms with Crippen LogP contribution in [-0.4, -0.2) is 23.3 Å². The van der Waals surface area contributed by atoms with Gasteiger partial charge in [-0.3, -0.25) is 14.6 Å². The molecule has 0 radical (unpaired) electrons. The van der Waals surface area contributed by atoms with Crippen molar-refractivity contribution in [2.24, 2.45) is 0 Å². The fraction of sp³-hybridized carbons (Fsp3) is 0.105. The van der Waals surface area contributed by atoms with E-state index < -0.39 is 0 Å². The number of halogens is 1. The van der Waals surface area contributed by atoms with Crippen molar-refractivity contribution in [3.8, 4) is 0 Å². The Morgan fingerprint density at radius 2 is 1.80 bits per heavy atom. The van der Waals surface area contributed by atoms with Gasteiger partial charge >= 0.3 is 0 Å². The van der Waals surface area contributed by atoms with Gasteiger partial charge in [-0.1, -0.05) is 41.9 Å². The Morgan fingerprint density at radius 1 is 1.04 bits per heavy atom. The third kappa shape index (κ3) is 3.78. The Kier molecular flexibility index (Phi) is 4.95. The number of hydrogen-bond donors (Lipinski definition) is 1. The molecule has 3 rings (SSSR count). The number of nitrogens with one attached hydrogen (secondary N) is 1. The summed E-state index contributed by atoms with van der Waals surface area (Å²) in [6.07, 6.45) is 3.22. The van der Waals surface area contributed by atoms with Gasteiger partial charge in [-0.05, 0) is 18.2 Å². The van der Waals surface area contributed by atoms with Crippen molar-refractivity contribution < 1.29 is 9.59 Å². The van der Waals surface area contributed by atoms with E-state index in [-0.39, 0.29) is 18.4 Å². The number of hydrogen-bond acceptors (Lipinski definition) is 3. The van der Waals surface area contributed by atoms with E-state index in [1.165, 1.54) is 11.8 Å². The summed E-state index contributed by atoms with van der Waals surface area (Å²) in [5.74, 6) is -0.520. The molecule has 0 aliphatic heterocycles. The van der Waals surface area contributed by atoms with Gasteiger partial charge in [0.1, 0.15) is 6.54 Å². The van der Waals surface area contributed by atoms with Gasteiger partial charge in [0.25, 0.3) is 0 Å². The molecule has 25 heavy (non-hydrogen) atoms. The van der Waals surface area contributed by atoms with Gasteiger partial charge in [0, 0.05) is 29.6 Å². The third-order valence-corrected chi connectivity index (χ3v) is 4.10. The average Bonchev–Trinajstić information content (AvgIpc) is 2.61. The quantitative estimate of drug-likeness (QED) is 0.774. The summed E-state index contributed by atoms with van der Waals surface area (Å²) in [5, 5.41) is 4.93. The molecule has 0 unspecified atom stereocenters.